The summed E-state index contributed by atoms with van der Waals surface area (Å²) in [5, 5.41) is 13.6. The van der Waals surface area contributed by atoms with Crippen molar-refractivity contribution in [3.63, 3.8) is 0 Å². The SMILES string of the molecule is CS(=O)(=O)n1nc(CO)c2ccccc21. The number of nitrogens with zero attached hydrogens (tertiary/aromatic N) is 2. The van der Waals surface area contributed by atoms with E-state index >= 15 is 0 Å². The van der Waals surface area contributed by atoms with Crippen LogP contribution in [0.1, 0.15) is 5.69 Å². The quantitative estimate of drug-likeness (QED) is 0.801. The predicted molar refractivity (Wildman–Crippen MR) is 55.9 cm³/mol. The second kappa shape index (κ2) is 3.32. The lowest BCUT2D eigenvalue weighted by Gasteiger charge is -1.97. The molecule has 0 aliphatic rings. The monoisotopic (exact) mass is 226 g/mol. The largest absolute Gasteiger partial charge is 0.390 e. The minimum absolute atomic E-state index is 0.275. The molecule has 2 aromatic rings. The first-order chi connectivity index (χ1) is 7.04. The molecular formula is C9H10N2O3S. The van der Waals surface area contributed by atoms with Crippen LogP contribution in [0.25, 0.3) is 10.9 Å². The fraction of sp³-hybridized carbons (Fsp3) is 0.222. The Kier molecular flexibility index (Phi) is 2.24. The van der Waals surface area contributed by atoms with Gasteiger partial charge >= 0.3 is 0 Å². The lowest BCUT2D eigenvalue weighted by Crippen LogP contribution is -2.11. The Balaban J connectivity index is 2.88. The minimum atomic E-state index is -3.42. The molecule has 15 heavy (non-hydrogen) atoms. The Bertz CT molecular complexity index is 601. The Morgan fingerprint density at radius 3 is 2.67 bits per heavy atom. The third-order valence-corrected chi connectivity index (χ3v) is 3.00. The molecule has 0 spiro atoms. The molecule has 0 fully saturated rings. The molecule has 0 saturated carbocycles. The van der Waals surface area contributed by atoms with E-state index in [1.165, 1.54) is 0 Å². The van der Waals surface area contributed by atoms with Crippen molar-refractivity contribution in [1.82, 2.24) is 9.19 Å². The second-order valence-corrected chi connectivity index (χ2v) is 5.04. The van der Waals surface area contributed by atoms with E-state index in [4.69, 9.17) is 5.11 Å². The first-order valence-electron chi connectivity index (χ1n) is 4.32. The topological polar surface area (TPSA) is 72.2 Å². The van der Waals surface area contributed by atoms with Crippen LogP contribution in [0.15, 0.2) is 24.3 Å². The molecule has 1 N–H and O–H groups in total. The summed E-state index contributed by atoms with van der Waals surface area (Å²) in [6.45, 7) is -0.275. The van der Waals surface area contributed by atoms with Gasteiger partial charge in [-0.05, 0) is 6.07 Å². The third-order valence-electron chi connectivity index (χ3n) is 2.10. The Morgan fingerprint density at radius 1 is 1.40 bits per heavy atom. The molecule has 80 valence electrons. The molecular weight excluding hydrogens is 216 g/mol. The van der Waals surface area contributed by atoms with Crippen LogP contribution in [0.5, 0.6) is 0 Å². The van der Waals surface area contributed by atoms with Gasteiger partial charge in [0.1, 0.15) is 0 Å². The van der Waals surface area contributed by atoms with Gasteiger partial charge in [-0.2, -0.15) is 9.19 Å². The molecule has 0 unspecified atom stereocenters. The number of rotatable bonds is 2. The van der Waals surface area contributed by atoms with Gasteiger partial charge < -0.3 is 5.11 Å². The van der Waals surface area contributed by atoms with Crippen molar-refractivity contribution in [1.29, 1.82) is 0 Å². The molecule has 0 aliphatic heterocycles. The highest BCUT2D eigenvalue weighted by molar-refractivity contribution is 7.89. The van der Waals surface area contributed by atoms with Gasteiger partial charge in [0.05, 0.1) is 24.1 Å². The van der Waals surface area contributed by atoms with Crippen molar-refractivity contribution in [3.05, 3.63) is 30.0 Å². The fourth-order valence-electron chi connectivity index (χ4n) is 1.47. The number of hydrogen-bond donors (Lipinski definition) is 1. The van der Waals surface area contributed by atoms with E-state index in [0.717, 1.165) is 10.3 Å². The minimum Gasteiger partial charge on any atom is -0.390 e. The van der Waals surface area contributed by atoms with Gasteiger partial charge in [0, 0.05) is 5.39 Å². The number of aliphatic hydroxyl groups excluding tert-OH is 1. The zero-order chi connectivity index (χ0) is 11.1. The standard InChI is InChI=1S/C9H10N2O3S/c1-15(13,14)11-9-5-3-2-4-7(9)8(6-12)10-11/h2-5,12H,6H2,1H3. The third kappa shape index (κ3) is 1.62. The van der Waals surface area contributed by atoms with Crippen molar-refractivity contribution in [2.75, 3.05) is 6.26 Å². The average molecular weight is 226 g/mol. The molecule has 2 rings (SSSR count). The van der Waals surface area contributed by atoms with Crippen molar-refractivity contribution < 1.29 is 13.5 Å². The van der Waals surface area contributed by atoms with Crippen LogP contribution < -0.4 is 0 Å². The van der Waals surface area contributed by atoms with Crippen LogP contribution in [-0.2, 0) is 16.6 Å². The number of para-hydroxylation sites is 1. The number of aromatic nitrogens is 2. The molecule has 5 nitrogen and oxygen atoms in total. The van der Waals surface area contributed by atoms with E-state index in [1.807, 2.05) is 0 Å². The summed E-state index contributed by atoms with van der Waals surface area (Å²) in [5.74, 6) is 0. The summed E-state index contributed by atoms with van der Waals surface area (Å²) in [4.78, 5) is 0. The average Bonchev–Trinajstić information content (AvgIpc) is 2.55. The smallest absolute Gasteiger partial charge is 0.251 e. The van der Waals surface area contributed by atoms with E-state index in [2.05, 4.69) is 5.10 Å². The molecule has 1 aromatic heterocycles. The molecule has 0 saturated heterocycles. The highest BCUT2D eigenvalue weighted by Crippen LogP contribution is 2.19. The van der Waals surface area contributed by atoms with Crippen LogP contribution in [-0.4, -0.2) is 29.0 Å². The Labute approximate surface area is 87.0 Å². The first kappa shape index (κ1) is 10.1. The van der Waals surface area contributed by atoms with Crippen molar-refractivity contribution in [2.45, 2.75) is 6.61 Å². The maximum atomic E-state index is 11.4. The van der Waals surface area contributed by atoms with E-state index in [9.17, 15) is 8.42 Å². The molecule has 0 atom stereocenters. The van der Waals surface area contributed by atoms with Gasteiger partial charge in [0.15, 0.2) is 0 Å². The van der Waals surface area contributed by atoms with Crippen LogP contribution in [0.4, 0.5) is 0 Å². The second-order valence-electron chi connectivity index (χ2n) is 3.23. The van der Waals surface area contributed by atoms with Gasteiger partial charge in [0.25, 0.3) is 10.0 Å². The summed E-state index contributed by atoms with van der Waals surface area (Å²) in [5.41, 5.74) is 0.861. The zero-order valence-electron chi connectivity index (χ0n) is 8.08. The van der Waals surface area contributed by atoms with Gasteiger partial charge in [-0.3, -0.25) is 0 Å². The highest BCUT2D eigenvalue weighted by atomic mass is 32.2. The van der Waals surface area contributed by atoms with E-state index < -0.39 is 10.0 Å². The van der Waals surface area contributed by atoms with Crippen molar-refractivity contribution in [2.24, 2.45) is 0 Å². The maximum Gasteiger partial charge on any atom is 0.251 e. The van der Waals surface area contributed by atoms with E-state index in [0.29, 0.717) is 16.6 Å². The van der Waals surface area contributed by atoms with E-state index in [-0.39, 0.29) is 6.61 Å². The van der Waals surface area contributed by atoms with Crippen LogP contribution in [0.3, 0.4) is 0 Å². The number of benzene rings is 1. The van der Waals surface area contributed by atoms with E-state index in [1.54, 1.807) is 24.3 Å². The molecule has 1 aromatic carbocycles. The molecule has 6 heteroatoms. The number of hydrogen-bond acceptors (Lipinski definition) is 4. The molecule has 1 heterocycles. The summed E-state index contributed by atoms with van der Waals surface area (Å²) in [6.07, 6.45) is 1.08. The van der Waals surface area contributed by atoms with Gasteiger partial charge in [-0.25, -0.2) is 8.42 Å². The number of aliphatic hydroxyl groups is 1. The van der Waals surface area contributed by atoms with Gasteiger partial charge in [-0.1, -0.05) is 18.2 Å². The van der Waals surface area contributed by atoms with Crippen LogP contribution in [0, 0.1) is 0 Å². The molecule has 0 bridgehead atoms. The summed E-state index contributed by atoms with van der Waals surface area (Å²) >= 11 is 0. The Morgan fingerprint density at radius 2 is 2.07 bits per heavy atom. The predicted octanol–water partition coefficient (Wildman–Crippen LogP) is 0.336. The van der Waals surface area contributed by atoms with Gasteiger partial charge in [0.2, 0.25) is 0 Å². The fourth-order valence-corrected chi connectivity index (χ4v) is 2.23. The summed E-state index contributed by atoms with van der Waals surface area (Å²) < 4.78 is 23.7. The normalized spacial score (nSPS) is 12.1. The number of fused-ring (bicyclic) bond motifs is 1. The zero-order valence-corrected chi connectivity index (χ0v) is 8.90. The van der Waals surface area contributed by atoms with Crippen LogP contribution in [0.2, 0.25) is 0 Å². The molecule has 0 radical (unpaired) electrons. The Hall–Kier alpha value is -1.40. The molecule has 0 amide bonds. The lowest BCUT2D eigenvalue weighted by molar-refractivity contribution is 0.278. The lowest BCUT2D eigenvalue weighted by atomic mass is 10.2. The summed E-state index contributed by atoms with van der Waals surface area (Å²) in [6, 6.07) is 6.89. The van der Waals surface area contributed by atoms with Crippen molar-refractivity contribution in [3.8, 4) is 0 Å². The van der Waals surface area contributed by atoms with Crippen molar-refractivity contribution >= 4 is 20.9 Å². The highest BCUT2D eigenvalue weighted by Gasteiger charge is 2.15. The van der Waals surface area contributed by atoms with Crippen LogP contribution >= 0.6 is 0 Å². The molecule has 0 aliphatic carbocycles. The first-order valence-corrected chi connectivity index (χ1v) is 6.17. The maximum absolute atomic E-state index is 11.4. The summed E-state index contributed by atoms with van der Waals surface area (Å²) in [7, 11) is -3.42. The van der Waals surface area contributed by atoms with Gasteiger partial charge in [-0.15, -0.1) is 0 Å².